The molecule has 0 atom stereocenters. The number of fused-ring (bicyclic) bond motifs is 1. The third-order valence-corrected chi connectivity index (χ3v) is 4.45. The summed E-state index contributed by atoms with van der Waals surface area (Å²) in [6, 6.07) is 24.9. The topological polar surface area (TPSA) is 61.3 Å². The number of ether oxygens (including phenoxy) is 2. The number of nitrogens with zero attached hydrogens (tertiary/aromatic N) is 2. The van der Waals surface area contributed by atoms with Gasteiger partial charge in [0.1, 0.15) is 12.3 Å². The number of esters is 1. The largest absolute Gasteiger partial charge is 0.471 e. The first-order chi connectivity index (χ1) is 13.8. The molecule has 0 bridgehead atoms. The van der Waals surface area contributed by atoms with E-state index in [0.717, 1.165) is 27.6 Å². The van der Waals surface area contributed by atoms with Crippen LogP contribution in [-0.2, 0) is 11.3 Å². The highest BCUT2D eigenvalue weighted by Crippen LogP contribution is 2.31. The molecule has 0 aliphatic heterocycles. The van der Waals surface area contributed by atoms with Crippen molar-refractivity contribution in [2.45, 2.75) is 6.61 Å². The Bertz CT molecular complexity index is 1110. The molecule has 5 heteroatoms. The molecule has 0 radical (unpaired) electrons. The maximum Gasteiger partial charge on any atom is 0.337 e. The maximum absolute atomic E-state index is 11.6. The second-order valence-electron chi connectivity index (χ2n) is 6.24. The molecule has 5 nitrogen and oxygen atoms in total. The molecule has 4 aromatic rings. The van der Waals surface area contributed by atoms with E-state index in [1.807, 2.05) is 66.7 Å². The van der Waals surface area contributed by atoms with Crippen LogP contribution in [0.2, 0.25) is 0 Å². The van der Waals surface area contributed by atoms with Crippen LogP contribution < -0.4 is 4.74 Å². The minimum absolute atomic E-state index is 0.368. The Kier molecular flexibility index (Phi) is 4.97. The zero-order chi connectivity index (χ0) is 19.3. The highest BCUT2D eigenvalue weighted by atomic mass is 16.5. The van der Waals surface area contributed by atoms with Crippen LogP contribution in [0.25, 0.3) is 22.0 Å². The molecular formula is C23H18N2O3. The van der Waals surface area contributed by atoms with Crippen molar-refractivity contribution in [3.8, 4) is 17.1 Å². The van der Waals surface area contributed by atoms with Crippen LogP contribution in [0.4, 0.5) is 0 Å². The fraction of sp³-hybridized carbons (Fsp3) is 0.0870. The van der Waals surface area contributed by atoms with Crippen LogP contribution in [0.1, 0.15) is 15.9 Å². The Hall–Kier alpha value is -3.73. The number of hydrogen-bond acceptors (Lipinski definition) is 5. The Morgan fingerprint density at radius 1 is 0.821 bits per heavy atom. The molecule has 0 N–H and O–H groups in total. The second-order valence-corrected chi connectivity index (χ2v) is 6.24. The van der Waals surface area contributed by atoms with E-state index in [1.54, 1.807) is 12.1 Å². The van der Waals surface area contributed by atoms with Crippen LogP contribution >= 0.6 is 0 Å². The number of aromatic nitrogens is 2. The van der Waals surface area contributed by atoms with E-state index >= 15 is 0 Å². The van der Waals surface area contributed by atoms with Gasteiger partial charge < -0.3 is 9.47 Å². The quantitative estimate of drug-likeness (QED) is 0.478. The van der Waals surface area contributed by atoms with Crippen molar-refractivity contribution in [3.63, 3.8) is 0 Å². The molecule has 0 saturated heterocycles. The lowest BCUT2D eigenvalue weighted by atomic mass is 10.0. The Balaban J connectivity index is 1.68. The Morgan fingerprint density at radius 3 is 2.21 bits per heavy atom. The highest BCUT2D eigenvalue weighted by molar-refractivity contribution is 5.97. The molecule has 0 fully saturated rings. The molecule has 0 amide bonds. The van der Waals surface area contributed by atoms with Crippen molar-refractivity contribution >= 4 is 16.7 Å². The minimum atomic E-state index is -0.368. The highest BCUT2D eigenvalue weighted by Gasteiger charge is 2.13. The van der Waals surface area contributed by atoms with Crippen LogP contribution in [0.3, 0.4) is 0 Å². The lowest BCUT2D eigenvalue weighted by Crippen LogP contribution is -2.02. The molecule has 1 aromatic heterocycles. The summed E-state index contributed by atoms with van der Waals surface area (Å²) in [5.74, 6) is 0.126. The van der Waals surface area contributed by atoms with Crippen molar-refractivity contribution in [1.29, 1.82) is 0 Å². The molecule has 0 spiro atoms. The van der Waals surface area contributed by atoms with Gasteiger partial charge in [0.15, 0.2) is 0 Å². The van der Waals surface area contributed by atoms with Crippen molar-refractivity contribution in [1.82, 2.24) is 10.2 Å². The predicted molar refractivity (Wildman–Crippen MR) is 107 cm³/mol. The summed E-state index contributed by atoms with van der Waals surface area (Å²) in [7, 11) is 1.36. The van der Waals surface area contributed by atoms with Gasteiger partial charge in [-0.3, -0.25) is 0 Å². The standard InChI is InChI=1S/C23H18N2O3/c1-27-23(26)18-13-11-17(12-14-18)21-19-9-5-6-10-20(19)22(25-24-21)28-15-16-7-3-2-4-8-16/h2-14H,15H2,1H3. The van der Waals surface area contributed by atoms with Gasteiger partial charge in [0.05, 0.1) is 12.7 Å². The van der Waals surface area contributed by atoms with E-state index in [1.165, 1.54) is 7.11 Å². The summed E-state index contributed by atoms with van der Waals surface area (Å²) in [5.41, 5.74) is 3.16. The molecule has 3 aromatic carbocycles. The van der Waals surface area contributed by atoms with E-state index in [9.17, 15) is 4.79 Å². The van der Waals surface area contributed by atoms with Gasteiger partial charge in [-0.2, -0.15) is 0 Å². The molecule has 4 rings (SSSR count). The normalized spacial score (nSPS) is 10.6. The zero-order valence-corrected chi connectivity index (χ0v) is 15.3. The third kappa shape index (κ3) is 3.55. The summed E-state index contributed by atoms with van der Waals surface area (Å²) < 4.78 is 10.7. The summed E-state index contributed by atoms with van der Waals surface area (Å²) in [6.07, 6.45) is 0. The van der Waals surface area contributed by atoms with Crippen LogP contribution in [0, 0.1) is 0 Å². The number of benzene rings is 3. The lowest BCUT2D eigenvalue weighted by molar-refractivity contribution is 0.0601. The molecule has 0 saturated carbocycles. The van der Waals surface area contributed by atoms with Crippen molar-refractivity contribution < 1.29 is 14.3 Å². The molecule has 0 unspecified atom stereocenters. The monoisotopic (exact) mass is 370 g/mol. The number of carbonyl (C=O) groups is 1. The van der Waals surface area contributed by atoms with Gasteiger partial charge in [0.2, 0.25) is 5.88 Å². The zero-order valence-electron chi connectivity index (χ0n) is 15.3. The first kappa shape index (κ1) is 17.7. The first-order valence-corrected chi connectivity index (χ1v) is 8.87. The van der Waals surface area contributed by atoms with Gasteiger partial charge in [0.25, 0.3) is 0 Å². The van der Waals surface area contributed by atoms with Crippen LogP contribution in [-0.4, -0.2) is 23.3 Å². The van der Waals surface area contributed by atoms with Crippen molar-refractivity contribution in [3.05, 3.63) is 90.0 Å². The first-order valence-electron chi connectivity index (χ1n) is 8.87. The predicted octanol–water partition coefficient (Wildman–Crippen LogP) is 4.66. The van der Waals surface area contributed by atoms with Crippen molar-refractivity contribution in [2.75, 3.05) is 7.11 Å². The molecule has 138 valence electrons. The number of hydrogen-bond donors (Lipinski definition) is 0. The smallest absolute Gasteiger partial charge is 0.337 e. The van der Waals surface area contributed by atoms with Gasteiger partial charge >= 0.3 is 5.97 Å². The van der Waals surface area contributed by atoms with Gasteiger partial charge in [-0.15, -0.1) is 10.2 Å². The average Bonchev–Trinajstić information content (AvgIpc) is 2.77. The number of rotatable bonds is 5. The maximum atomic E-state index is 11.6. The molecule has 0 aliphatic rings. The van der Waals surface area contributed by atoms with E-state index in [0.29, 0.717) is 18.1 Å². The van der Waals surface area contributed by atoms with Gasteiger partial charge in [0, 0.05) is 16.3 Å². The summed E-state index contributed by atoms with van der Waals surface area (Å²) in [6.45, 7) is 0.423. The SMILES string of the molecule is COC(=O)c1ccc(-c2nnc(OCc3ccccc3)c3ccccc23)cc1. The Morgan fingerprint density at radius 2 is 1.50 bits per heavy atom. The fourth-order valence-electron chi connectivity index (χ4n) is 3.01. The second kappa shape index (κ2) is 7.88. The van der Waals surface area contributed by atoms with E-state index in [2.05, 4.69) is 10.2 Å². The third-order valence-electron chi connectivity index (χ3n) is 4.45. The van der Waals surface area contributed by atoms with Gasteiger partial charge in [-0.1, -0.05) is 60.7 Å². The molecule has 0 aliphatic carbocycles. The van der Waals surface area contributed by atoms with Crippen molar-refractivity contribution in [2.24, 2.45) is 0 Å². The minimum Gasteiger partial charge on any atom is -0.471 e. The van der Waals surface area contributed by atoms with E-state index in [4.69, 9.17) is 9.47 Å². The van der Waals surface area contributed by atoms with Gasteiger partial charge in [-0.05, 0) is 23.8 Å². The molecular weight excluding hydrogens is 352 g/mol. The number of methoxy groups -OCH3 is 1. The Labute approximate surface area is 162 Å². The van der Waals surface area contributed by atoms with Crippen LogP contribution in [0.5, 0.6) is 5.88 Å². The van der Waals surface area contributed by atoms with E-state index < -0.39 is 0 Å². The lowest BCUT2D eigenvalue weighted by Gasteiger charge is -2.11. The van der Waals surface area contributed by atoms with E-state index in [-0.39, 0.29) is 5.97 Å². The molecule has 28 heavy (non-hydrogen) atoms. The fourth-order valence-corrected chi connectivity index (χ4v) is 3.01. The number of carbonyl (C=O) groups excluding carboxylic acids is 1. The summed E-state index contributed by atoms with van der Waals surface area (Å²) >= 11 is 0. The van der Waals surface area contributed by atoms with Crippen LogP contribution in [0.15, 0.2) is 78.9 Å². The summed E-state index contributed by atoms with van der Waals surface area (Å²) in [5, 5.41) is 10.5. The average molecular weight is 370 g/mol. The molecule has 1 heterocycles. The summed E-state index contributed by atoms with van der Waals surface area (Å²) in [4.78, 5) is 11.6. The van der Waals surface area contributed by atoms with Gasteiger partial charge in [-0.25, -0.2) is 4.79 Å².